The number of aromatic nitrogens is 2. The summed E-state index contributed by atoms with van der Waals surface area (Å²) in [5, 5.41) is 0. The molecule has 0 amide bonds. The third-order valence-corrected chi connectivity index (χ3v) is 2.49. The summed E-state index contributed by atoms with van der Waals surface area (Å²) in [7, 11) is 2.89. The van der Waals surface area contributed by atoms with Crippen molar-refractivity contribution in [2.75, 3.05) is 7.11 Å². The Hall–Kier alpha value is -2.30. The van der Waals surface area contributed by atoms with E-state index in [4.69, 9.17) is 4.74 Å². The molecule has 1 aromatic heterocycles. The Labute approximate surface area is 97.5 Å². The lowest BCUT2D eigenvalue weighted by Crippen LogP contribution is -2.35. The van der Waals surface area contributed by atoms with Crippen LogP contribution in [-0.4, -0.2) is 16.5 Å². The molecule has 1 aromatic carbocycles. The molecule has 0 unspecified atom stereocenters. The monoisotopic (exact) mass is 232 g/mol. The van der Waals surface area contributed by atoms with E-state index < -0.39 is 0 Å². The van der Waals surface area contributed by atoms with Gasteiger partial charge in [0.15, 0.2) is 5.75 Å². The molecule has 5 nitrogen and oxygen atoms in total. The average Bonchev–Trinajstić information content (AvgIpc) is 2.35. The van der Waals surface area contributed by atoms with E-state index >= 15 is 0 Å². The fourth-order valence-corrected chi connectivity index (χ4v) is 1.65. The molecule has 0 saturated heterocycles. The topological polar surface area (TPSA) is 53.2 Å². The van der Waals surface area contributed by atoms with Crippen molar-refractivity contribution in [2.45, 2.75) is 0 Å². The first-order chi connectivity index (χ1) is 8.15. The highest BCUT2D eigenvalue weighted by Crippen LogP contribution is 2.04. The zero-order chi connectivity index (χ0) is 12.4. The fraction of sp³-hybridized carbons (Fsp3) is 0.167. The van der Waals surface area contributed by atoms with Gasteiger partial charge in [-0.2, -0.15) is 0 Å². The van der Waals surface area contributed by atoms with E-state index in [2.05, 4.69) is 0 Å². The van der Waals surface area contributed by atoms with Gasteiger partial charge in [0.1, 0.15) is 0 Å². The molecule has 5 heteroatoms. The van der Waals surface area contributed by atoms with E-state index in [1.165, 1.54) is 29.6 Å². The lowest BCUT2D eigenvalue weighted by molar-refractivity contribution is 0.394. The van der Waals surface area contributed by atoms with Crippen molar-refractivity contribution in [2.24, 2.45) is 7.05 Å². The van der Waals surface area contributed by atoms with E-state index in [1.807, 2.05) is 6.07 Å². The summed E-state index contributed by atoms with van der Waals surface area (Å²) < 4.78 is 7.38. The summed E-state index contributed by atoms with van der Waals surface area (Å²) in [5.74, 6) is 0.0460. The maximum atomic E-state index is 11.9. The van der Waals surface area contributed by atoms with Crippen LogP contribution < -0.4 is 15.9 Å². The normalized spacial score (nSPS) is 10.2. The van der Waals surface area contributed by atoms with Crippen molar-refractivity contribution >= 4 is 0 Å². The third kappa shape index (κ3) is 1.87. The first-order valence-electron chi connectivity index (χ1n) is 5.08. The van der Waals surface area contributed by atoms with E-state index in [-0.39, 0.29) is 16.9 Å². The number of hydrogen-bond donors (Lipinski definition) is 0. The average molecular weight is 232 g/mol. The maximum Gasteiger partial charge on any atom is 0.307 e. The van der Waals surface area contributed by atoms with Crippen LogP contribution in [0.2, 0.25) is 0 Å². The molecule has 0 aliphatic carbocycles. The molecule has 17 heavy (non-hydrogen) atoms. The number of nitrogens with zero attached hydrogens (tertiary/aromatic N) is 2. The second-order valence-corrected chi connectivity index (χ2v) is 3.53. The van der Waals surface area contributed by atoms with Gasteiger partial charge in [-0.05, 0) is 12.1 Å². The molecule has 2 aromatic rings. The zero-order valence-corrected chi connectivity index (χ0v) is 9.58. The summed E-state index contributed by atoms with van der Waals surface area (Å²) in [4.78, 5) is 23.7. The van der Waals surface area contributed by atoms with Gasteiger partial charge in [-0.1, -0.05) is 18.2 Å². The first kappa shape index (κ1) is 11.2. The summed E-state index contributed by atoms with van der Waals surface area (Å²) in [5.41, 5.74) is -0.0224. The van der Waals surface area contributed by atoms with Crippen LogP contribution in [0.4, 0.5) is 0 Å². The Morgan fingerprint density at radius 2 is 1.76 bits per heavy atom. The largest absolute Gasteiger partial charge is 0.491 e. The number of hydrogen-bond acceptors (Lipinski definition) is 3. The Kier molecular flexibility index (Phi) is 2.82. The Morgan fingerprint density at radius 3 is 2.35 bits per heavy atom. The first-order valence-corrected chi connectivity index (χ1v) is 5.08. The molecular formula is C12H12N2O3. The fourth-order valence-electron chi connectivity index (χ4n) is 1.65. The van der Waals surface area contributed by atoms with Crippen molar-refractivity contribution in [3.63, 3.8) is 0 Å². The molecule has 0 N–H and O–H groups in total. The highest BCUT2D eigenvalue weighted by Gasteiger charge is 2.09. The van der Waals surface area contributed by atoms with Crippen molar-refractivity contribution in [1.29, 1.82) is 0 Å². The molecule has 88 valence electrons. The Bertz CT molecular complexity index is 641. The van der Waals surface area contributed by atoms with Crippen LogP contribution in [0.25, 0.3) is 5.69 Å². The van der Waals surface area contributed by atoms with Crippen LogP contribution in [0, 0.1) is 0 Å². The summed E-state index contributed by atoms with van der Waals surface area (Å²) in [6.07, 6.45) is 0. The van der Waals surface area contributed by atoms with Crippen molar-refractivity contribution < 1.29 is 4.74 Å². The van der Waals surface area contributed by atoms with E-state index in [0.717, 1.165) is 0 Å². The molecule has 0 fully saturated rings. The molecule has 0 aliphatic heterocycles. The van der Waals surface area contributed by atoms with Crippen LogP contribution in [0.5, 0.6) is 5.75 Å². The second-order valence-electron chi connectivity index (χ2n) is 3.53. The molecule has 0 saturated carbocycles. The minimum atomic E-state index is -0.351. The minimum Gasteiger partial charge on any atom is -0.491 e. The van der Waals surface area contributed by atoms with Gasteiger partial charge < -0.3 is 4.74 Å². The van der Waals surface area contributed by atoms with Crippen LogP contribution in [-0.2, 0) is 7.05 Å². The molecule has 0 radical (unpaired) electrons. The van der Waals surface area contributed by atoms with Gasteiger partial charge >= 0.3 is 5.56 Å². The van der Waals surface area contributed by atoms with Gasteiger partial charge in [0.25, 0.3) is 5.56 Å². The van der Waals surface area contributed by atoms with Crippen LogP contribution in [0.15, 0.2) is 46.0 Å². The van der Waals surface area contributed by atoms with E-state index in [9.17, 15) is 9.59 Å². The Balaban J connectivity index is 2.77. The van der Waals surface area contributed by atoms with E-state index in [1.54, 1.807) is 24.3 Å². The minimum absolute atomic E-state index is 0.0460. The lowest BCUT2D eigenvalue weighted by atomic mass is 10.3. The third-order valence-electron chi connectivity index (χ3n) is 2.49. The van der Waals surface area contributed by atoms with Crippen molar-refractivity contribution in [3.05, 3.63) is 57.1 Å². The molecule has 1 heterocycles. The van der Waals surface area contributed by atoms with Gasteiger partial charge in [-0.15, -0.1) is 0 Å². The van der Waals surface area contributed by atoms with E-state index in [0.29, 0.717) is 5.69 Å². The van der Waals surface area contributed by atoms with Crippen LogP contribution in [0.3, 0.4) is 0 Å². The molecule has 0 atom stereocenters. The molecular weight excluding hydrogens is 220 g/mol. The van der Waals surface area contributed by atoms with Crippen LogP contribution in [0.1, 0.15) is 0 Å². The number of ether oxygens (including phenoxy) is 1. The quantitative estimate of drug-likeness (QED) is 0.759. The smallest absolute Gasteiger partial charge is 0.307 e. The molecule has 0 bridgehead atoms. The standard InChI is InChI=1S/C12H12N2O3/c1-13-12(16)10(17-2)8-11(15)14(13)9-6-4-3-5-7-9/h3-8H,1-2H3. The summed E-state index contributed by atoms with van der Waals surface area (Å²) in [6, 6.07) is 10.2. The molecule has 0 aliphatic rings. The van der Waals surface area contributed by atoms with Crippen LogP contribution >= 0.6 is 0 Å². The number of methoxy groups -OCH3 is 1. The number of rotatable bonds is 2. The highest BCUT2D eigenvalue weighted by molar-refractivity contribution is 5.31. The second kappa shape index (κ2) is 4.29. The maximum absolute atomic E-state index is 11.9. The summed E-state index contributed by atoms with van der Waals surface area (Å²) >= 11 is 0. The van der Waals surface area contributed by atoms with Crippen molar-refractivity contribution in [1.82, 2.24) is 9.36 Å². The van der Waals surface area contributed by atoms with Crippen molar-refractivity contribution in [3.8, 4) is 11.4 Å². The highest BCUT2D eigenvalue weighted by atomic mass is 16.5. The number of para-hydroxylation sites is 1. The zero-order valence-electron chi connectivity index (χ0n) is 9.58. The lowest BCUT2D eigenvalue weighted by Gasteiger charge is -2.12. The predicted molar refractivity (Wildman–Crippen MR) is 63.8 cm³/mol. The predicted octanol–water partition coefficient (Wildman–Crippen LogP) is 0.545. The molecule has 0 spiro atoms. The summed E-state index contributed by atoms with van der Waals surface area (Å²) in [6.45, 7) is 0. The van der Waals surface area contributed by atoms with Gasteiger partial charge in [0.05, 0.1) is 18.9 Å². The van der Waals surface area contributed by atoms with Gasteiger partial charge in [0, 0.05) is 7.05 Å². The molecule has 2 rings (SSSR count). The van der Waals surface area contributed by atoms with Gasteiger partial charge in [-0.3, -0.25) is 9.59 Å². The SMILES string of the molecule is COc1cc(=O)n(-c2ccccc2)n(C)c1=O. The van der Waals surface area contributed by atoms with Gasteiger partial charge in [0.2, 0.25) is 0 Å². The number of benzene rings is 1. The van der Waals surface area contributed by atoms with Gasteiger partial charge in [-0.25, -0.2) is 9.36 Å². The Morgan fingerprint density at radius 1 is 1.12 bits per heavy atom.